The molecular formula is C11H11NO2S. The summed E-state index contributed by atoms with van der Waals surface area (Å²) in [4.78, 5) is 11.8. The average molecular weight is 221 g/mol. The fraction of sp³-hybridized carbons (Fsp3) is 0.273. The normalized spacial score (nSPS) is 9.47. The molecule has 0 aliphatic heterocycles. The summed E-state index contributed by atoms with van der Waals surface area (Å²) in [6, 6.07) is 5.32. The Balaban J connectivity index is 3.33. The molecule has 0 spiro atoms. The van der Waals surface area contributed by atoms with Gasteiger partial charge in [0.05, 0.1) is 24.3 Å². The third-order valence-corrected chi connectivity index (χ3v) is 2.50. The van der Waals surface area contributed by atoms with Crippen molar-refractivity contribution < 1.29 is 9.53 Å². The van der Waals surface area contributed by atoms with Gasteiger partial charge in [-0.2, -0.15) is 5.26 Å². The SMILES string of the molecule is CCc1cc(C(=O)OC)c(S)cc1C#N. The van der Waals surface area contributed by atoms with E-state index in [0.717, 1.165) is 5.56 Å². The molecule has 3 nitrogen and oxygen atoms in total. The maximum absolute atomic E-state index is 11.3. The number of rotatable bonds is 2. The van der Waals surface area contributed by atoms with Crippen molar-refractivity contribution in [2.75, 3.05) is 7.11 Å². The van der Waals surface area contributed by atoms with Crippen molar-refractivity contribution in [3.8, 4) is 6.07 Å². The van der Waals surface area contributed by atoms with Crippen molar-refractivity contribution in [2.45, 2.75) is 18.2 Å². The Kier molecular flexibility index (Phi) is 3.75. The van der Waals surface area contributed by atoms with Crippen LogP contribution in [0.1, 0.15) is 28.4 Å². The quantitative estimate of drug-likeness (QED) is 0.615. The zero-order valence-electron chi connectivity index (χ0n) is 8.57. The van der Waals surface area contributed by atoms with Gasteiger partial charge in [-0.25, -0.2) is 4.79 Å². The highest BCUT2D eigenvalue weighted by atomic mass is 32.1. The Morgan fingerprint density at radius 2 is 2.27 bits per heavy atom. The van der Waals surface area contributed by atoms with E-state index < -0.39 is 5.97 Å². The fourth-order valence-corrected chi connectivity index (χ4v) is 1.59. The first kappa shape index (κ1) is 11.6. The summed E-state index contributed by atoms with van der Waals surface area (Å²) < 4.78 is 4.62. The first-order valence-corrected chi connectivity index (χ1v) is 4.93. The van der Waals surface area contributed by atoms with E-state index >= 15 is 0 Å². The number of nitrogens with zero attached hydrogens (tertiary/aromatic N) is 1. The van der Waals surface area contributed by atoms with Crippen LogP contribution in [0.4, 0.5) is 0 Å². The smallest absolute Gasteiger partial charge is 0.338 e. The molecule has 1 aromatic rings. The third kappa shape index (κ3) is 2.31. The van der Waals surface area contributed by atoms with E-state index in [0.29, 0.717) is 22.4 Å². The Bertz CT molecular complexity index is 435. The second-order valence-corrected chi connectivity index (χ2v) is 3.47. The van der Waals surface area contributed by atoms with Crippen molar-refractivity contribution in [2.24, 2.45) is 0 Å². The number of nitriles is 1. The number of ether oxygens (including phenoxy) is 1. The van der Waals surface area contributed by atoms with Crippen LogP contribution in [-0.4, -0.2) is 13.1 Å². The van der Waals surface area contributed by atoms with Gasteiger partial charge in [-0.15, -0.1) is 12.6 Å². The van der Waals surface area contributed by atoms with E-state index in [4.69, 9.17) is 5.26 Å². The number of carbonyl (C=O) groups excluding carboxylic acids is 1. The monoisotopic (exact) mass is 221 g/mol. The lowest BCUT2D eigenvalue weighted by molar-refractivity contribution is 0.0596. The molecule has 0 radical (unpaired) electrons. The molecule has 0 heterocycles. The number of aryl methyl sites for hydroxylation is 1. The molecule has 0 N–H and O–H groups in total. The van der Waals surface area contributed by atoms with Gasteiger partial charge in [-0.3, -0.25) is 0 Å². The minimum Gasteiger partial charge on any atom is -0.465 e. The van der Waals surface area contributed by atoms with Crippen LogP contribution in [0.15, 0.2) is 17.0 Å². The molecule has 15 heavy (non-hydrogen) atoms. The first-order chi connectivity index (χ1) is 7.13. The van der Waals surface area contributed by atoms with Gasteiger partial charge in [-0.1, -0.05) is 6.92 Å². The molecule has 0 fully saturated rings. The van der Waals surface area contributed by atoms with Crippen LogP contribution in [0, 0.1) is 11.3 Å². The van der Waals surface area contributed by atoms with Crippen molar-refractivity contribution in [3.63, 3.8) is 0 Å². The highest BCUT2D eigenvalue weighted by molar-refractivity contribution is 7.80. The molecule has 0 saturated carbocycles. The van der Waals surface area contributed by atoms with E-state index in [1.807, 2.05) is 6.92 Å². The summed E-state index contributed by atoms with van der Waals surface area (Å²) in [6.45, 7) is 1.93. The van der Waals surface area contributed by atoms with Crippen molar-refractivity contribution in [3.05, 3.63) is 28.8 Å². The molecule has 4 heteroatoms. The zero-order valence-corrected chi connectivity index (χ0v) is 9.47. The first-order valence-electron chi connectivity index (χ1n) is 4.48. The second kappa shape index (κ2) is 4.85. The third-order valence-electron chi connectivity index (χ3n) is 2.13. The Hall–Kier alpha value is -1.47. The molecule has 1 aromatic carbocycles. The lowest BCUT2D eigenvalue weighted by Gasteiger charge is -2.07. The highest BCUT2D eigenvalue weighted by Gasteiger charge is 2.13. The predicted octanol–water partition coefficient (Wildman–Crippen LogP) is 2.20. The minimum atomic E-state index is -0.431. The summed E-state index contributed by atoms with van der Waals surface area (Å²) >= 11 is 4.15. The molecule has 0 bridgehead atoms. The second-order valence-electron chi connectivity index (χ2n) is 2.98. The van der Waals surface area contributed by atoms with Crippen LogP contribution in [0.3, 0.4) is 0 Å². The maximum atomic E-state index is 11.3. The van der Waals surface area contributed by atoms with Gasteiger partial charge in [-0.05, 0) is 24.1 Å². The molecule has 0 unspecified atom stereocenters. The molecular weight excluding hydrogens is 210 g/mol. The van der Waals surface area contributed by atoms with E-state index in [2.05, 4.69) is 23.4 Å². The molecule has 0 saturated heterocycles. The van der Waals surface area contributed by atoms with Crippen LogP contribution in [0.25, 0.3) is 0 Å². The maximum Gasteiger partial charge on any atom is 0.338 e. The molecule has 0 atom stereocenters. The van der Waals surface area contributed by atoms with Crippen LogP contribution in [0.2, 0.25) is 0 Å². The molecule has 0 aromatic heterocycles. The van der Waals surface area contributed by atoms with Gasteiger partial charge in [0.2, 0.25) is 0 Å². The largest absolute Gasteiger partial charge is 0.465 e. The van der Waals surface area contributed by atoms with Crippen molar-refractivity contribution in [1.29, 1.82) is 5.26 Å². The van der Waals surface area contributed by atoms with Crippen LogP contribution >= 0.6 is 12.6 Å². The summed E-state index contributed by atoms with van der Waals surface area (Å²) in [5.41, 5.74) is 1.78. The van der Waals surface area contributed by atoms with E-state index in [1.54, 1.807) is 12.1 Å². The van der Waals surface area contributed by atoms with Gasteiger partial charge >= 0.3 is 5.97 Å². The number of esters is 1. The van der Waals surface area contributed by atoms with Crippen LogP contribution < -0.4 is 0 Å². The van der Waals surface area contributed by atoms with Crippen molar-refractivity contribution in [1.82, 2.24) is 0 Å². The number of methoxy groups -OCH3 is 1. The minimum absolute atomic E-state index is 0.400. The zero-order chi connectivity index (χ0) is 11.4. The van der Waals surface area contributed by atoms with Crippen molar-refractivity contribution >= 4 is 18.6 Å². The predicted molar refractivity (Wildman–Crippen MR) is 59.1 cm³/mol. The summed E-state index contributed by atoms with van der Waals surface area (Å²) in [7, 11) is 1.32. The number of carbonyl (C=O) groups is 1. The molecule has 0 aliphatic rings. The van der Waals surface area contributed by atoms with Gasteiger partial charge in [0.25, 0.3) is 0 Å². The average Bonchev–Trinajstić information content (AvgIpc) is 2.27. The van der Waals surface area contributed by atoms with Crippen LogP contribution in [0.5, 0.6) is 0 Å². The topological polar surface area (TPSA) is 50.1 Å². The summed E-state index contributed by atoms with van der Waals surface area (Å²) in [6.07, 6.45) is 0.695. The van der Waals surface area contributed by atoms with Gasteiger partial charge in [0, 0.05) is 4.90 Å². The Labute approximate surface area is 94.1 Å². The van der Waals surface area contributed by atoms with Gasteiger partial charge in [0.1, 0.15) is 0 Å². The number of benzene rings is 1. The van der Waals surface area contributed by atoms with Gasteiger partial charge in [0.15, 0.2) is 0 Å². The fourth-order valence-electron chi connectivity index (χ4n) is 1.30. The summed E-state index contributed by atoms with van der Waals surface area (Å²) in [5, 5.41) is 8.86. The Morgan fingerprint density at radius 3 is 2.73 bits per heavy atom. The molecule has 0 aliphatic carbocycles. The highest BCUT2D eigenvalue weighted by Crippen LogP contribution is 2.21. The number of hydrogen-bond acceptors (Lipinski definition) is 4. The lowest BCUT2D eigenvalue weighted by Crippen LogP contribution is -2.04. The van der Waals surface area contributed by atoms with Gasteiger partial charge < -0.3 is 4.74 Å². The summed E-state index contributed by atoms with van der Waals surface area (Å²) in [5.74, 6) is -0.431. The van der Waals surface area contributed by atoms with E-state index in [-0.39, 0.29) is 0 Å². The molecule has 1 rings (SSSR count). The number of hydrogen-bond donors (Lipinski definition) is 1. The lowest BCUT2D eigenvalue weighted by atomic mass is 10.0. The van der Waals surface area contributed by atoms with Crippen LogP contribution in [-0.2, 0) is 11.2 Å². The van der Waals surface area contributed by atoms with E-state index in [1.165, 1.54) is 7.11 Å². The Morgan fingerprint density at radius 1 is 1.60 bits per heavy atom. The standard InChI is InChI=1S/C11H11NO2S/c1-3-7-4-9(11(13)14-2)10(15)5-8(7)6-12/h4-5,15H,3H2,1-2H3. The molecule has 0 amide bonds. The van der Waals surface area contributed by atoms with E-state index in [9.17, 15) is 4.79 Å². The number of thiol groups is 1. The molecule has 78 valence electrons.